The molecule has 28 heavy (non-hydrogen) atoms. The molecule has 0 unspecified atom stereocenters. The molecule has 0 atom stereocenters. The van der Waals surface area contributed by atoms with Gasteiger partial charge in [0.05, 0.1) is 23.4 Å². The zero-order valence-electron chi connectivity index (χ0n) is 16.5. The molecular weight excluding hydrogens is 394 g/mol. The summed E-state index contributed by atoms with van der Waals surface area (Å²) < 4.78 is 33.5. The molecule has 2 aromatic carbocycles. The van der Waals surface area contributed by atoms with Gasteiger partial charge in [-0.05, 0) is 55.0 Å². The highest BCUT2D eigenvalue weighted by Gasteiger charge is 2.19. The van der Waals surface area contributed by atoms with Crippen LogP contribution >= 0.6 is 11.3 Å². The van der Waals surface area contributed by atoms with Crippen molar-refractivity contribution in [2.75, 3.05) is 21.2 Å². The Morgan fingerprint density at radius 3 is 2.39 bits per heavy atom. The van der Waals surface area contributed by atoms with E-state index in [2.05, 4.69) is 4.99 Å². The Kier molecular flexibility index (Phi) is 5.74. The number of hydrogen-bond acceptors (Lipinski definition) is 5. The van der Waals surface area contributed by atoms with E-state index in [0.717, 1.165) is 33.1 Å². The van der Waals surface area contributed by atoms with Crippen molar-refractivity contribution in [1.82, 2.24) is 8.87 Å². The van der Waals surface area contributed by atoms with Crippen LogP contribution in [-0.2, 0) is 17.1 Å². The van der Waals surface area contributed by atoms with Crippen LogP contribution in [0.15, 0.2) is 57.7 Å². The molecule has 0 aliphatic heterocycles. The predicted molar refractivity (Wildman–Crippen MR) is 113 cm³/mol. The number of aryl methyl sites for hydroxylation is 1. The van der Waals surface area contributed by atoms with Crippen LogP contribution in [0.25, 0.3) is 11.3 Å². The topological polar surface area (TPSA) is 63.9 Å². The van der Waals surface area contributed by atoms with Gasteiger partial charge in [0.1, 0.15) is 5.75 Å². The van der Waals surface area contributed by atoms with E-state index in [0.29, 0.717) is 0 Å². The molecule has 0 bridgehead atoms. The van der Waals surface area contributed by atoms with Crippen LogP contribution < -0.4 is 9.54 Å². The molecule has 8 heteroatoms. The molecule has 0 radical (unpaired) electrons. The Morgan fingerprint density at radius 1 is 1.11 bits per heavy atom. The van der Waals surface area contributed by atoms with Crippen LogP contribution in [0, 0.1) is 6.92 Å². The fourth-order valence-electron chi connectivity index (χ4n) is 2.76. The maximum absolute atomic E-state index is 12.5. The second kappa shape index (κ2) is 7.90. The van der Waals surface area contributed by atoms with Gasteiger partial charge in [-0.15, -0.1) is 11.3 Å². The predicted octanol–water partition coefficient (Wildman–Crippen LogP) is 3.55. The van der Waals surface area contributed by atoms with E-state index in [-0.39, 0.29) is 4.90 Å². The summed E-state index contributed by atoms with van der Waals surface area (Å²) in [6, 6.07) is 12.9. The van der Waals surface area contributed by atoms with Crippen LogP contribution in [0.3, 0.4) is 0 Å². The van der Waals surface area contributed by atoms with Crippen LogP contribution in [0.4, 0.5) is 5.69 Å². The average Bonchev–Trinajstić information content (AvgIpc) is 3.02. The van der Waals surface area contributed by atoms with E-state index >= 15 is 0 Å². The number of methoxy groups -OCH3 is 1. The molecule has 0 fully saturated rings. The lowest BCUT2D eigenvalue weighted by molar-refractivity contribution is 0.415. The minimum Gasteiger partial charge on any atom is -0.497 e. The molecule has 0 aliphatic carbocycles. The third kappa shape index (κ3) is 4.04. The summed E-state index contributed by atoms with van der Waals surface area (Å²) in [6.07, 6.45) is 0. The van der Waals surface area contributed by atoms with Gasteiger partial charge < -0.3 is 9.30 Å². The largest absolute Gasteiger partial charge is 0.497 e. The van der Waals surface area contributed by atoms with Gasteiger partial charge in [0.25, 0.3) is 0 Å². The van der Waals surface area contributed by atoms with Crippen molar-refractivity contribution >= 4 is 27.0 Å². The summed E-state index contributed by atoms with van der Waals surface area (Å²) in [7, 11) is 3.13. The van der Waals surface area contributed by atoms with E-state index in [4.69, 9.17) is 4.74 Å². The lowest BCUT2D eigenvalue weighted by Gasteiger charge is -2.13. The Bertz CT molecular complexity index is 1160. The third-order valence-electron chi connectivity index (χ3n) is 4.35. The Hall–Kier alpha value is -2.42. The van der Waals surface area contributed by atoms with Gasteiger partial charge in [0, 0.05) is 32.1 Å². The molecule has 3 aromatic rings. The maximum Gasteiger partial charge on any atom is 0.242 e. The normalized spacial score (nSPS) is 12.6. The molecule has 6 nitrogen and oxygen atoms in total. The molecule has 0 spiro atoms. The molecular formula is C20H23N3O3S2. The van der Waals surface area contributed by atoms with E-state index in [1.165, 1.54) is 29.7 Å². The number of sulfonamides is 1. The second-order valence-corrected chi connectivity index (χ2v) is 9.58. The van der Waals surface area contributed by atoms with Crippen LogP contribution in [0.2, 0.25) is 0 Å². The summed E-state index contributed by atoms with van der Waals surface area (Å²) in [4.78, 5) is 5.79. The van der Waals surface area contributed by atoms with Crippen molar-refractivity contribution < 1.29 is 13.2 Å². The fourth-order valence-corrected chi connectivity index (χ4v) is 4.71. The van der Waals surface area contributed by atoms with Crippen molar-refractivity contribution in [2.24, 2.45) is 12.0 Å². The van der Waals surface area contributed by atoms with Crippen LogP contribution in [0.5, 0.6) is 5.75 Å². The molecule has 0 saturated carbocycles. The highest BCUT2D eigenvalue weighted by Crippen LogP contribution is 2.26. The molecule has 0 amide bonds. The average molecular weight is 418 g/mol. The molecule has 1 heterocycles. The number of benzene rings is 2. The number of ether oxygens (including phenoxy) is 1. The fraction of sp³-hybridized carbons (Fsp3) is 0.250. The highest BCUT2D eigenvalue weighted by molar-refractivity contribution is 7.89. The Labute approximate surface area is 169 Å². The summed E-state index contributed by atoms with van der Waals surface area (Å²) in [5.74, 6) is 0.782. The molecule has 0 aliphatic rings. The summed E-state index contributed by atoms with van der Waals surface area (Å²) in [5, 5.41) is 1.99. The first kappa shape index (κ1) is 20.3. The Balaban J connectivity index is 2.07. The molecule has 148 valence electrons. The second-order valence-electron chi connectivity index (χ2n) is 6.59. The first-order chi connectivity index (χ1) is 13.2. The van der Waals surface area contributed by atoms with Crippen LogP contribution in [-0.4, -0.2) is 38.5 Å². The van der Waals surface area contributed by atoms with Crippen LogP contribution in [0.1, 0.15) is 5.56 Å². The quantitative estimate of drug-likeness (QED) is 0.638. The molecule has 1 aromatic heterocycles. The minimum atomic E-state index is -3.50. The van der Waals surface area contributed by atoms with E-state index in [1.54, 1.807) is 19.2 Å². The smallest absolute Gasteiger partial charge is 0.242 e. The summed E-state index contributed by atoms with van der Waals surface area (Å²) >= 11 is 1.51. The van der Waals surface area contributed by atoms with Gasteiger partial charge in [0.15, 0.2) is 4.80 Å². The summed E-state index contributed by atoms with van der Waals surface area (Å²) in [5.41, 5.74) is 3.47. The number of rotatable bonds is 5. The standard InChI is InChI=1S/C20H23N3O3S2/c1-14-10-15(12-18(11-14)28(24,25)22(2)3)19-13-27-20(23(19)4)21-16-6-8-17(26-5)9-7-16/h6-13H,1-5H3. The number of aromatic nitrogens is 1. The first-order valence-electron chi connectivity index (χ1n) is 8.60. The van der Waals surface area contributed by atoms with Crippen molar-refractivity contribution in [3.8, 4) is 17.0 Å². The monoisotopic (exact) mass is 417 g/mol. The SMILES string of the molecule is COc1ccc(N=c2scc(-c3cc(C)cc(S(=O)(=O)N(C)C)c3)n2C)cc1. The zero-order valence-corrected chi connectivity index (χ0v) is 18.1. The molecule has 0 saturated heterocycles. The van der Waals surface area contributed by atoms with Gasteiger partial charge in [-0.25, -0.2) is 17.7 Å². The molecule has 3 rings (SSSR count). The highest BCUT2D eigenvalue weighted by atomic mass is 32.2. The number of nitrogens with zero attached hydrogens (tertiary/aromatic N) is 3. The lowest BCUT2D eigenvalue weighted by atomic mass is 10.1. The van der Waals surface area contributed by atoms with E-state index in [1.807, 2.05) is 54.3 Å². The maximum atomic E-state index is 12.5. The van der Waals surface area contributed by atoms with Crippen molar-refractivity contribution in [2.45, 2.75) is 11.8 Å². The van der Waals surface area contributed by atoms with Gasteiger partial charge in [-0.2, -0.15) is 0 Å². The first-order valence-corrected chi connectivity index (χ1v) is 10.9. The Morgan fingerprint density at radius 2 is 1.79 bits per heavy atom. The lowest BCUT2D eigenvalue weighted by Crippen LogP contribution is -2.22. The van der Waals surface area contributed by atoms with Crippen molar-refractivity contribution in [3.63, 3.8) is 0 Å². The van der Waals surface area contributed by atoms with Gasteiger partial charge >= 0.3 is 0 Å². The van der Waals surface area contributed by atoms with Crippen molar-refractivity contribution in [1.29, 1.82) is 0 Å². The zero-order chi connectivity index (χ0) is 20.5. The van der Waals surface area contributed by atoms with Gasteiger partial charge in [0.2, 0.25) is 10.0 Å². The molecule has 0 N–H and O–H groups in total. The van der Waals surface area contributed by atoms with Gasteiger partial charge in [-0.3, -0.25) is 0 Å². The van der Waals surface area contributed by atoms with Crippen molar-refractivity contribution in [3.05, 3.63) is 58.2 Å². The van der Waals surface area contributed by atoms with Gasteiger partial charge in [-0.1, -0.05) is 0 Å². The number of hydrogen-bond donors (Lipinski definition) is 0. The summed E-state index contributed by atoms with van der Waals surface area (Å²) in [6.45, 7) is 1.90. The minimum absolute atomic E-state index is 0.285. The van der Waals surface area contributed by atoms with E-state index in [9.17, 15) is 8.42 Å². The third-order valence-corrected chi connectivity index (χ3v) is 7.06. The van der Waals surface area contributed by atoms with E-state index < -0.39 is 10.0 Å². The number of thiazole rings is 1.